The molecule has 1 N–H and O–H groups in total. The van der Waals surface area contributed by atoms with Crippen LogP contribution in [0.5, 0.6) is 11.5 Å². The van der Waals surface area contributed by atoms with Gasteiger partial charge in [0.15, 0.2) is 11.5 Å². The maximum absolute atomic E-state index is 13.9. The molecule has 1 aliphatic carbocycles. The lowest BCUT2D eigenvalue weighted by Gasteiger charge is -2.37. The molecule has 0 unspecified atom stereocenters. The first kappa shape index (κ1) is 21.4. The zero-order valence-electron chi connectivity index (χ0n) is 17.4. The van der Waals surface area contributed by atoms with E-state index in [4.69, 9.17) is 21.1 Å². The van der Waals surface area contributed by atoms with Crippen LogP contribution in [0.2, 0.25) is 5.02 Å². The summed E-state index contributed by atoms with van der Waals surface area (Å²) >= 11 is 9.66. The van der Waals surface area contributed by atoms with E-state index in [-0.39, 0.29) is 17.8 Å². The molecule has 0 fully saturated rings. The molecule has 3 atom stereocenters. The Morgan fingerprint density at radius 3 is 2.72 bits per heavy atom. The van der Waals surface area contributed by atoms with Crippen LogP contribution in [0.1, 0.15) is 35.1 Å². The van der Waals surface area contributed by atoms with E-state index < -0.39 is 0 Å². The lowest BCUT2D eigenvalue weighted by atomic mass is 9.77. The molecule has 32 heavy (non-hydrogen) atoms. The summed E-state index contributed by atoms with van der Waals surface area (Å²) in [4.78, 5) is 0. The van der Waals surface area contributed by atoms with Crippen LogP contribution in [0.15, 0.2) is 71.2 Å². The van der Waals surface area contributed by atoms with Gasteiger partial charge in [-0.25, -0.2) is 4.39 Å². The quantitative estimate of drug-likeness (QED) is 0.355. The van der Waals surface area contributed by atoms with Crippen molar-refractivity contribution in [2.45, 2.75) is 25.0 Å². The van der Waals surface area contributed by atoms with Crippen molar-refractivity contribution in [2.75, 3.05) is 12.4 Å². The number of ether oxygens (including phenoxy) is 2. The minimum atomic E-state index is -0.199. The monoisotopic (exact) mass is 513 g/mol. The fourth-order valence-electron chi connectivity index (χ4n) is 4.69. The largest absolute Gasteiger partial charge is 0.493 e. The number of benzene rings is 3. The maximum Gasteiger partial charge on any atom is 0.175 e. The van der Waals surface area contributed by atoms with Crippen LogP contribution in [0.25, 0.3) is 0 Å². The van der Waals surface area contributed by atoms with Crippen molar-refractivity contribution in [3.8, 4) is 11.5 Å². The number of anilines is 1. The molecule has 0 bridgehead atoms. The van der Waals surface area contributed by atoms with Crippen LogP contribution in [0.3, 0.4) is 0 Å². The van der Waals surface area contributed by atoms with Gasteiger partial charge in [0.05, 0.1) is 17.6 Å². The summed E-state index contributed by atoms with van der Waals surface area (Å²) < 4.78 is 26.5. The summed E-state index contributed by atoms with van der Waals surface area (Å²) in [5, 5.41) is 4.33. The Kier molecular flexibility index (Phi) is 5.87. The second-order valence-electron chi connectivity index (χ2n) is 8.16. The van der Waals surface area contributed by atoms with Crippen LogP contribution in [-0.4, -0.2) is 7.11 Å². The highest BCUT2D eigenvalue weighted by Crippen LogP contribution is 2.51. The van der Waals surface area contributed by atoms with Gasteiger partial charge in [-0.15, -0.1) is 0 Å². The van der Waals surface area contributed by atoms with E-state index in [2.05, 4.69) is 39.5 Å². The first-order valence-electron chi connectivity index (χ1n) is 10.5. The van der Waals surface area contributed by atoms with Gasteiger partial charge in [-0.05, 0) is 87.4 Å². The summed E-state index contributed by atoms with van der Waals surface area (Å²) in [6.45, 7) is 0.403. The van der Waals surface area contributed by atoms with E-state index in [1.54, 1.807) is 13.2 Å². The SMILES string of the molecule is COc1cc([C@@H]2Nc3ccc(F)cc3[C@@H]3C=CC[C@@H]32)cc(Br)c1OCc1ccc(Cl)cc1. The van der Waals surface area contributed by atoms with E-state index in [1.165, 1.54) is 6.07 Å². The Morgan fingerprint density at radius 2 is 1.94 bits per heavy atom. The lowest BCUT2D eigenvalue weighted by Crippen LogP contribution is -2.29. The van der Waals surface area contributed by atoms with Crippen molar-refractivity contribution < 1.29 is 13.9 Å². The van der Waals surface area contributed by atoms with Crippen molar-refractivity contribution in [1.29, 1.82) is 0 Å². The number of allylic oxidation sites excluding steroid dienone is 2. The molecular weight excluding hydrogens is 493 g/mol. The molecule has 0 saturated heterocycles. The second kappa shape index (κ2) is 8.80. The normalized spacial score (nSPS) is 20.9. The average molecular weight is 515 g/mol. The summed E-state index contributed by atoms with van der Waals surface area (Å²) in [7, 11) is 1.65. The van der Waals surface area contributed by atoms with Crippen LogP contribution in [0, 0.1) is 11.7 Å². The molecule has 0 amide bonds. The first-order valence-corrected chi connectivity index (χ1v) is 11.7. The van der Waals surface area contributed by atoms with E-state index in [0.29, 0.717) is 29.0 Å². The molecule has 3 aromatic carbocycles. The molecule has 0 saturated carbocycles. The topological polar surface area (TPSA) is 30.5 Å². The predicted octanol–water partition coefficient (Wildman–Crippen LogP) is 7.66. The van der Waals surface area contributed by atoms with Crippen molar-refractivity contribution in [3.63, 3.8) is 0 Å². The highest BCUT2D eigenvalue weighted by molar-refractivity contribution is 9.10. The van der Waals surface area contributed by atoms with Crippen molar-refractivity contribution in [1.82, 2.24) is 0 Å². The molecule has 1 heterocycles. The first-order chi connectivity index (χ1) is 15.5. The van der Waals surface area contributed by atoms with Crippen LogP contribution >= 0.6 is 27.5 Å². The number of nitrogens with one attached hydrogen (secondary N) is 1. The smallest absolute Gasteiger partial charge is 0.175 e. The maximum atomic E-state index is 13.9. The molecule has 5 rings (SSSR count). The molecule has 0 radical (unpaired) electrons. The van der Waals surface area contributed by atoms with Gasteiger partial charge in [0.2, 0.25) is 0 Å². The average Bonchev–Trinajstić information content (AvgIpc) is 3.29. The van der Waals surface area contributed by atoms with Gasteiger partial charge in [-0.2, -0.15) is 0 Å². The summed E-state index contributed by atoms with van der Waals surface area (Å²) in [5.74, 6) is 1.62. The zero-order valence-corrected chi connectivity index (χ0v) is 19.8. The molecule has 164 valence electrons. The molecule has 0 aromatic heterocycles. The molecule has 3 nitrogen and oxygen atoms in total. The number of methoxy groups -OCH3 is 1. The van der Waals surface area contributed by atoms with Crippen molar-refractivity contribution in [2.24, 2.45) is 5.92 Å². The fourth-order valence-corrected chi connectivity index (χ4v) is 5.39. The van der Waals surface area contributed by atoms with Gasteiger partial charge in [-0.3, -0.25) is 0 Å². The molecular formula is C26H22BrClFNO2. The molecule has 6 heteroatoms. The van der Waals surface area contributed by atoms with Crippen LogP contribution in [0.4, 0.5) is 10.1 Å². The Hall–Kier alpha value is -2.50. The Labute approximate surface area is 200 Å². The summed E-state index contributed by atoms with van der Waals surface area (Å²) in [6, 6.07) is 16.7. The summed E-state index contributed by atoms with van der Waals surface area (Å²) in [6.07, 6.45) is 5.33. The molecule has 3 aromatic rings. The highest BCUT2D eigenvalue weighted by Gasteiger charge is 2.38. The molecule has 2 aliphatic rings. The highest BCUT2D eigenvalue weighted by atomic mass is 79.9. The van der Waals surface area contributed by atoms with Gasteiger partial charge in [-0.1, -0.05) is 35.9 Å². The van der Waals surface area contributed by atoms with Gasteiger partial charge < -0.3 is 14.8 Å². The van der Waals surface area contributed by atoms with E-state index in [1.807, 2.05) is 36.4 Å². The third kappa shape index (κ3) is 4.00. The minimum absolute atomic E-state index is 0.0727. The zero-order chi connectivity index (χ0) is 22.2. The van der Waals surface area contributed by atoms with Crippen molar-refractivity contribution in [3.05, 3.63) is 98.8 Å². The lowest BCUT2D eigenvalue weighted by molar-refractivity contribution is 0.282. The minimum Gasteiger partial charge on any atom is -0.493 e. The van der Waals surface area contributed by atoms with E-state index in [9.17, 15) is 4.39 Å². The van der Waals surface area contributed by atoms with E-state index >= 15 is 0 Å². The Bertz CT molecular complexity index is 1180. The van der Waals surface area contributed by atoms with Gasteiger partial charge >= 0.3 is 0 Å². The number of hydrogen-bond acceptors (Lipinski definition) is 3. The number of hydrogen-bond donors (Lipinski definition) is 1. The third-order valence-corrected chi connectivity index (χ3v) is 7.07. The van der Waals surface area contributed by atoms with E-state index in [0.717, 1.165) is 33.3 Å². The Morgan fingerprint density at radius 1 is 1.12 bits per heavy atom. The molecule has 0 spiro atoms. The Balaban J connectivity index is 1.44. The second-order valence-corrected chi connectivity index (χ2v) is 9.45. The van der Waals surface area contributed by atoms with Gasteiger partial charge in [0, 0.05) is 16.6 Å². The van der Waals surface area contributed by atoms with Gasteiger partial charge in [0.25, 0.3) is 0 Å². The molecule has 1 aliphatic heterocycles. The fraction of sp³-hybridized carbons (Fsp3) is 0.231. The van der Waals surface area contributed by atoms with Gasteiger partial charge in [0.1, 0.15) is 12.4 Å². The number of halogens is 3. The van der Waals surface area contributed by atoms with Crippen LogP contribution in [-0.2, 0) is 6.61 Å². The number of fused-ring (bicyclic) bond motifs is 3. The van der Waals surface area contributed by atoms with Crippen molar-refractivity contribution >= 4 is 33.2 Å². The predicted molar refractivity (Wildman–Crippen MR) is 129 cm³/mol. The standard InChI is InChI=1S/C26H22BrClFNO2/c1-31-24-12-16(11-22(27)26(24)32-14-15-5-7-17(28)8-6-15)25-20-4-2-3-19(20)21-13-18(29)9-10-23(21)30-25/h2-3,5-13,19-20,25,30H,4,14H2,1H3/t19-,20+,25+/m1/s1. The summed E-state index contributed by atoms with van der Waals surface area (Å²) in [5.41, 5.74) is 4.11. The van der Waals surface area contributed by atoms with Crippen LogP contribution < -0.4 is 14.8 Å². The number of rotatable bonds is 5. The third-order valence-electron chi connectivity index (χ3n) is 6.23.